The van der Waals surface area contributed by atoms with Crippen LogP contribution in [0.3, 0.4) is 0 Å². The molecule has 0 bridgehead atoms. The summed E-state index contributed by atoms with van der Waals surface area (Å²) in [5, 5.41) is 0. The number of ether oxygens (including phenoxy) is 1. The summed E-state index contributed by atoms with van der Waals surface area (Å²) in [6.07, 6.45) is 5.19. The van der Waals surface area contributed by atoms with Crippen molar-refractivity contribution in [2.45, 2.75) is 32.1 Å². The number of aryl methyl sites for hydroxylation is 1. The molecule has 2 fully saturated rings. The lowest BCUT2D eigenvalue weighted by atomic mass is 9.96. The molecule has 0 N–H and O–H groups in total. The Morgan fingerprint density at radius 2 is 1.83 bits per heavy atom. The Morgan fingerprint density at radius 3 is 2.66 bits per heavy atom. The van der Waals surface area contributed by atoms with E-state index in [-0.39, 0.29) is 11.8 Å². The molecule has 6 heteroatoms. The number of amides is 1. The molecule has 1 aliphatic carbocycles. The summed E-state index contributed by atoms with van der Waals surface area (Å²) in [5.41, 5.74) is 3.54. The Balaban J connectivity index is 1.42. The van der Waals surface area contributed by atoms with Crippen molar-refractivity contribution in [3.63, 3.8) is 0 Å². The van der Waals surface area contributed by atoms with Crippen LogP contribution in [0.25, 0.3) is 11.4 Å². The standard InChI is InChI=1S/C23H28N4O2/c28-23(26-12-14-29-15-13-26)18-8-5-11-27(16-18)22-19-9-4-10-20(19)24-21(25-22)17-6-2-1-3-7-17/h1-3,6-7,18H,4-5,8-16H2/t18-/m1/s1. The van der Waals surface area contributed by atoms with Crippen molar-refractivity contribution in [1.29, 1.82) is 0 Å². The third-order valence-electron chi connectivity index (χ3n) is 6.34. The van der Waals surface area contributed by atoms with Crippen LogP contribution < -0.4 is 4.90 Å². The number of hydrogen-bond acceptors (Lipinski definition) is 5. The van der Waals surface area contributed by atoms with Crippen LogP contribution >= 0.6 is 0 Å². The fraction of sp³-hybridized carbons (Fsp3) is 0.522. The van der Waals surface area contributed by atoms with E-state index in [1.165, 1.54) is 11.3 Å². The zero-order chi connectivity index (χ0) is 19.6. The second kappa shape index (κ2) is 8.11. The zero-order valence-corrected chi connectivity index (χ0v) is 16.8. The summed E-state index contributed by atoms with van der Waals surface area (Å²) in [6, 6.07) is 10.2. The van der Waals surface area contributed by atoms with Crippen molar-refractivity contribution >= 4 is 11.7 Å². The van der Waals surface area contributed by atoms with E-state index in [2.05, 4.69) is 17.0 Å². The van der Waals surface area contributed by atoms with Crippen LogP contribution in [0.2, 0.25) is 0 Å². The van der Waals surface area contributed by atoms with Crippen LogP contribution in [0.15, 0.2) is 30.3 Å². The van der Waals surface area contributed by atoms with Gasteiger partial charge >= 0.3 is 0 Å². The van der Waals surface area contributed by atoms with E-state index >= 15 is 0 Å². The number of morpholine rings is 1. The smallest absolute Gasteiger partial charge is 0.227 e. The molecule has 0 saturated carbocycles. The topological polar surface area (TPSA) is 58.6 Å². The first-order valence-electron chi connectivity index (χ1n) is 10.9. The van der Waals surface area contributed by atoms with E-state index in [4.69, 9.17) is 14.7 Å². The van der Waals surface area contributed by atoms with Crippen molar-refractivity contribution in [3.8, 4) is 11.4 Å². The van der Waals surface area contributed by atoms with E-state index < -0.39 is 0 Å². The first-order valence-corrected chi connectivity index (χ1v) is 10.9. The number of fused-ring (bicyclic) bond motifs is 1. The van der Waals surface area contributed by atoms with Gasteiger partial charge in [-0.05, 0) is 32.1 Å². The number of hydrogen-bond donors (Lipinski definition) is 0. The summed E-state index contributed by atoms with van der Waals surface area (Å²) in [4.78, 5) is 27.3. The van der Waals surface area contributed by atoms with Crippen molar-refractivity contribution in [2.75, 3.05) is 44.3 Å². The molecule has 1 aromatic heterocycles. The van der Waals surface area contributed by atoms with Crippen molar-refractivity contribution < 1.29 is 9.53 Å². The van der Waals surface area contributed by atoms with E-state index in [1.54, 1.807) is 0 Å². The fourth-order valence-electron chi connectivity index (χ4n) is 4.80. The van der Waals surface area contributed by atoms with Crippen molar-refractivity contribution in [3.05, 3.63) is 41.6 Å². The van der Waals surface area contributed by atoms with Crippen LogP contribution in [0.1, 0.15) is 30.5 Å². The van der Waals surface area contributed by atoms with E-state index in [0.29, 0.717) is 13.2 Å². The number of rotatable bonds is 3. The average molecular weight is 393 g/mol. The van der Waals surface area contributed by atoms with Gasteiger partial charge < -0.3 is 14.5 Å². The molecule has 5 rings (SSSR count). The maximum Gasteiger partial charge on any atom is 0.227 e. The summed E-state index contributed by atoms with van der Waals surface area (Å²) in [5.74, 6) is 2.20. The third kappa shape index (κ3) is 3.73. The van der Waals surface area contributed by atoms with Gasteiger partial charge in [0.15, 0.2) is 5.82 Å². The molecular weight excluding hydrogens is 364 g/mol. The number of aromatic nitrogens is 2. The number of piperidine rings is 1. The predicted molar refractivity (Wildman–Crippen MR) is 112 cm³/mol. The summed E-state index contributed by atoms with van der Waals surface area (Å²) in [7, 11) is 0. The lowest BCUT2D eigenvalue weighted by Crippen LogP contribution is -2.48. The number of carbonyl (C=O) groups excluding carboxylic acids is 1. The first-order chi connectivity index (χ1) is 14.3. The normalized spacial score (nSPS) is 21.9. The molecule has 1 aromatic carbocycles. The average Bonchev–Trinajstić information content (AvgIpc) is 3.28. The monoisotopic (exact) mass is 392 g/mol. The van der Waals surface area contributed by atoms with Gasteiger partial charge in [0, 0.05) is 43.0 Å². The molecule has 6 nitrogen and oxygen atoms in total. The van der Waals surface area contributed by atoms with Crippen LogP contribution in [0, 0.1) is 5.92 Å². The third-order valence-corrected chi connectivity index (χ3v) is 6.34. The maximum atomic E-state index is 13.1. The molecule has 2 aliphatic heterocycles. The summed E-state index contributed by atoms with van der Waals surface area (Å²) < 4.78 is 5.41. The minimum atomic E-state index is 0.0500. The van der Waals surface area contributed by atoms with Crippen LogP contribution in [0.5, 0.6) is 0 Å². The lowest BCUT2D eigenvalue weighted by Gasteiger charge is -2.37. The van der Waals surface area contributed by atoms with Gasteiger partial charge in [-0.1, -0.05) is 30.3 Å². The van der Waals surface area contributed by atoms with E-state index in [9.17, 15) is 4.79 Å². The van der Waals surface area contributed by atoms with Gasteiger partial charge in [-0.3, -0.25) is 4.79 Å². The molecule has 0 unspecified atom stereocenters. The maximum absolute atomic E-state index is 13.1. The molecule has 29 heavy (non-hydrogen) atoms. The van der Waals surface area contributed by atoms with Crippen LogP contribution in [0.4, 0.5) is 5.82 Å². The number of benzene rings is 1. The predicted octanol–water partition coefficient (Wildman–Crippen LogP) is 2.71. The van der Waals surface area contributed by atoms with Gasteiger partial charge in [0.25, 0.3) is 0 Å². The van der Waals surface area contributed by atoms with Crippen LogP contribution in [-0.4, -0.2) is 60.2 Å². The Hall–Kier alpha value is -2.47. The number of nitrogens with zero attached hydrogens (tertiary/aromatic N) is 4. The molecule has 3 heterocycles. The molecule has 3 aliphatic rings. The Labute approximate surface area is 171 Å². The van der Waals surface area contributed by atoms with E-state index in [1.807, 2.05) is 23.1 Å². The van der Waals surface area contributed by atoms with Gasteiger partial charge in [0.2, 0.25) is 5.91 Å². The van der Waals surface area contributed by atoms with Crippen LogP contribution in [-0.2, 0) is 22.4 Å². The summed E-state index contributed by atoms with van der Waals surface area (Å²) >= 11 is 0. The first kappa shape index (κ1) is 18.6. The minimum Gasteiger partial charge on any atom is -0.378 e. The van der Waals surface area contributed by atoms with Gasteiger partial charge in [-0.25, -0.2) is 9.97 Å². The molecular formula is C23H28N4O2. The molecule has 0 spiro atoms. The second-order valence-corrected chi connectivity index (χ2v) is 8.24. The largest absolute Gasteiger partial charge is 0.378 e. The fourth-order valence-corrected chi connectivity index (χ4v) is 4.80. The highest BCUT2D eigenvalue weighted by atomic mass is 16.5. The lowest BCUT2D eigenvalue weighted by molar-refractivity contribution is -0.139. The Bertz CT molecular complexity index is 880. The second-order valence-electron chi connectivity index (χ2n) is 8.24. The Kier molecular flexibility index (Phi) is 5.19. The SMILES string of the molecule is O=C([C@@H]1CCCN(c2nc(-c3ccccc3)nc3c2CCC3)C1)N1CCOCC1. The highest BCUT2D eigenvalue weighted by Gasteiger charge is 2.32. The van der Waals surface area contributed by atoms with Gasteiger partial charge in [-0.15, -0.1) is 0 Å². The molecule has 0 radical (unpaired) electrons. The molecule has 152 valence electrons. The Morgan fingerprint density at radius 1 is 1.00 bits per heavy atom. The molecule has 2 aromatic rings. The summed E-state index contributed by atoms with van der Waals surface area (Å²) in [6.45, 7) is 4.47. The number of anilines is 1. The zero-order valence-electron chi connectivity index (χ0n) is 16.8. The minimum absolute atomic E-state index is 0.0500. The molecule has 1 atom stereocenters. The highest BCUT2D eigenvalue weighted by Crippen LogP contribution is 2.33. The van der Waals surface area contributed by atoms with Gasteiger partial charge in [0.1, 0.15) is 5.82 Å². The highest BCUT2D eigenvalue weighted by molar-refractivity contribution is 5.80. The quantitative estimate of drug-likeness (QED) is 0.804. The molecule has 1 amide bonds. The van der Waals surface area contributed by atoms with Gasteiger partial charge in [-0.2, -0.15) is 0 Å². The number of carbonyl (C=O) groups is 1. The van der Waals surface area contributed by atoms with E-state index in [0.717, 1.165) is 75.5 Å². The molecule has 2 saturated heterocycles. The van der Waals surface area contributed by atoms with Gasteiger partial charge in [0.05, 0.1) is 19.1 Å². The van der Waals surface area contributed by atoms with Crippen molar-refractivity contribution in [2.24, 2.45) is 5.92 Å². The van der Waals surface area contributed by atoms with Crippen molar-refractivity contribution in [1.82, 2.24) is 14.9 Å².